The topological polar surface area (TPSA) is 51.7 Å². The minimum absolute atomic E-state index is 0.0827. The van der Waals surface area contributed by atoms with Crippen LogP contribution in [-0.4, -0.2) is 40.8 Å². The van der Waals surface area contributed by atoms with Gasteiger partial charge in [0.1, 0.15) is 16.7 Å². The molecule has 0 bridgehead atoms. The van der Waals surface area contributed by atoms with Crippen molar-refractivity contribution in [1.29, 1.82) is 0 Å². The molecule has 1 aliphatic heterocycles. The molecule has 0 spiro atoms. The highest BCUT2D eigenvalue weighted by Crippen LogP contribution is 2.33. The van der Waals surface area contributed by atoms with Gasteiger partial charge in [0, 0.05) is 19.2 Å². The Morgan fingerprint density at radius 3 is 2.58 bits per heavy atom. The van der Waals surface area contributed by atoms with E-state index in [0.29, 0.717) is 19.2 Å². The number of hydrogen-bond donors (Lipinski definition) is 0. The predicted octanol–water partition coefficient (Wildman–Crippen LogP) is 4.14. The SMILES string of the molecule is CC(C)(C)OC(=O)N1CC[C@H](Oc2ncc(C(F)(F)F)cc2Cl)C1. The lowest BCUT2D eigenvalue weighted by Crippen LogP contribution is -2.36. The van der Waals surface area contributed by atoms with Crippen molar-refractivity contribution < 1.29 is 27.4 Å². The fraction of sp³-hybridized carbons (Fsp3) is 0.600. The lowest BCUT2D eigenvalue weighted by Gasteiger charge is -2.24. The predicted molar refractivity (Wildman–Crippen MR) is 81.1 cm³/mol. The van der Waals surface area contributed by atoms with Gasteiger partial charge in [-0.3, -0.25) is 0 Å². The largest absolute Gasteiger partial charge is 0.471 e. The maximum Gasteiger partial charge on any atom is 0.417 e. The van der Waals surface area contributed by atoms with Gasteiger partial charge >= 0.3 is 12.3 Å². The van der Waals surface area contributed by atoms with Crippen LogP contribution >= 0.6 is 11.6 Å². The zero-order valence-electron chi connectivity index (χ0n) is 13.5. The van der Waals surface area contributed by atoms with Gasteiger partial charge in [-0.25, -0.2) is 9.78 Å². The lowest BCUT2D eigenvalue weighted by atomic mass is 10.2. The second-order valence-corrected chi connectivity index (χ2v) is 6.87. The molecule has 1 saturated heterocycles. The van der Waals surface area contributed by atoms with Crippen LogP contribution in [0.1, 0.15) is 32.8 Å². The Morgan fingerprint density at radius 1 is 1.38 bits per heavy atom. The van der Waals surface area contributed by atoms with Crippen molar-refractivity contribution >= 4 is 17.7 Å². The maximum atomic E-state index is 12.6. The summed E-state index contributed by atoms with van der Waals surface area (Å²) in [4.78, 5) is 17.1. The van der Waals surface area contributed by atoms with Crippen molar-refractivity contribution in [1.82, 2.24) is 9.88 Å². The van der Waals surface area contributed by atoms with E-state index in [1.807, 2.05) is 0 Å². The standard InChI is InChI=1S/C15H18ClF3N2O3/c1-14(2,3)24-13(22)21-5-4-10(8-21)23-12-11(16)6-9(7-20-12)15(17,18)19/h6-7,10H,4-5,8H2,1-3H3/t10-/m0/s1. The van der Waals surface area contributed by atoms with Crippen molar-refractivity contribution in [2.24, 2.45) is 0 Å². The fourth-order valence-electron chi connectivity index (χ4n) is 2.14. The molecule has 0 radical (unpaired) electrons. The van der Waals surface area contributed by atoms with Gasteiger partial charge in [-0.15, -0.1) is 0 Å². The molecule has 0 saturated carbocycles. The van der Waals surface area contributed by atoms with Gasteiger partial charge in [-0.05, 0) is 26.8 Å². The van der Waals surface area contributed by atoms with E-state index in [1.54, 1.807) is 20.8 Å². The molecular formula is C15H18ClF3N2O3. The molecule has 9 heteroatoms. The summed E-state index contributed by atoms with van der Waals surface area (Å²) in [6.07, 6.45) is -4.20. The van der Waals surface area contributed by atoms with Gasteiger partial charge in [0.25, 0.3) is 0 Å². The first-order chi connectivity index (χ1) is 11.0. The molecule has 0 unspecified atom stereocenters. The summed E-state index contributed by atoms with van der Waals surface area (Å²) in [5.41, 5.74) is -1.55. The van der Waals surface area contributed by atoms with Crippen LogP contribution in [0, 0.1) is 0 Å². The number of carbonyl (C=O) groups is 1. The van der Waals surface area contributed by atoms with Gasteiger partial charge in [-0.1, -0.05) is 11.6 Å². The van der Waals surface area contributed by atoms with Crippen molar-refractivity contribution in [2.45, 2.75) is 45.1 Å². The van der Waals surface area contributed by atoms with Crippen LogP contribution < -0.4 is 4.74 Å². The molecule has 24 heavy (non-hydrogen) atoms. The molecule has 1 atom stereocenters. The molecule has 1 amide bonds. The van der Waals surface area contributed by atoms with E-state index in [-0.39, 0.29) is 17.4 Å². The van der Waals surface area contributed by atoms with E-state index in [0.717, 1.165) is 6.07 Å². The molecule has 1 aromatic rings. The van der Waals surface area contributed by atoms with E-state index in [1.165, 1.54) is 4.90 Å². The molecule has 0 aromatic carbocycles. The molecular weight excluding hydrogens is 349 g/mol. The van der Waals surface area contributed by atoms with Crippen LogP contribution in [0.4, 0.5) is 18.0 Å². The highest BCUT2D eigenvalue weighted by Gasteiger charge is 2.33. The second-order valence-electron chi connectivity index (χ2n) is 6.46. The number of pyridine rings is 1. The average molecular weight is 367 g/mol. The number of nitrogens with zero attached hydrogens (tertiary/aromatic N) is 2. The van der Waals surface area contributed by atoms with E-state index in [4.69, 9.17) is 21.1 Å². The first-order valence-electron chi connectivity index (χ1n) is 7.33. The molecule has 5 nitrogen and oxygen atoms in total. The molecule has 1 aromatic heterocycles. The van der Waals surface area contributed by atoms with Crippen molar-refractivity contribution in [2.75, 3.05) is 13.1 Å². The number of alkyl halides is 3. The molecule has 0 N–H and O–H groups in total. The number of likely N-dealkylation sites (tertiary alicyclic amines) is 1. The van der Waals surface area contributed by atoms with Gasteiger partial charge in [0.05, 0.1) is 12.1 Å². The zero-order valence-corrected chi connectivity index (χ0v) is 14.2. The summed E-state index contributed by atoms with van der Waals surface area (Å²) >= 11 is 5.81. The minimum Gasteiger partial charge on any atom is -0.471 e. The third kappa shape index (κ3) is 4.90. The van der Waals surface area contributed by atoms with Crippen LogP contribution in [0.25, 0.3) is 0 Å². The lowest BCUT2D eigenvalue weighted by molar-refractivity contribution is -0.137. The summed E-state index contributed by atoms with van der Waals surface area (Å²) in [5.74, 6) is -0.0827. The van der Waals surface area contributed by atoms with Crippen molar-refractivity contribution in [3.63, 3.8) is 0 Å². The minimum atomic E-state index is -4.52. The van der Waals surface area contributed by atoms with E-state index < -0.39 is 29.5 Å². The number of amides is 1. The normalized spacial score (nSPS) is 18.6. The number of rotatable bonds is 2. The molecule has 1 fully saturated rings. The third-order valence-corrected chi connectivity index (χ3v) is 3.48. The van der Waals surface area contributed by atoms with Gasteiger partial charge in [-0.2, -0.15) is 13.2 Å². The summed E-state index contributed by atoms with van der Waals surface area (Å²) in [6, 6.07) is 0.768. The Hall–Kier alpha value is -1.70. The first-order valence-corrected chi connectivity index (χ1v) is 7.71. The van der Waals surface area contributed by atoms with E-state index in [9.17, 15) is 18.0 Å². The summed E-state index contributed by atoms with van der Waals surface area (Å²) in [5, 5.41) is -0.222. The van der Waals surface area contributed by atoms with Crippen LogP contribution in [0.3, 0.4) is 0 Å². The third-order valence-electron chi connectivity index (χ3n) is 3.21. The smallest absolute Gasteiger partial charge is 0.417 e. The zero-order chi connectivity index (χ0) is 18.1. The fourth-order valence-corrected chi connectivity index (χ4v) is 2.35. The number of hydrogen-bond acceptors (Lipinski definition) is 4. The second kappa shape index (κ2) is 6.66. The average Bonchev–Trinajstić information content (AvgIpc) is 2.86. The highest BCUT2D eigenvalue weighted by atomic mass is 35.5. The summed E-state index contributed by atoms with van der Waals surface area (Å²) in [7, 11) is 0. The summed E-state index contributed by atoms with van der Waals surface area (Å²) in [6.45, 7) is 5.98. The Kier molecular flexibility index (Phi) is 5.17. The van der Waals surface area contributed by atoms with Crippen LogP contribution in [-0.2, 0) is 10.9 Å². The van der Waals surface area contributed by atoms with Crippen molar-refractivity contribution in [3.8, 4) is 5.88 Å². The number of ether oxygens (including phenoxy) is 2. The molecule has 2 rings (SSSR count). The molecule has 2 heterocycles. The van der Waals surface area contributed by atoms with Crippen LogP contribution in [0.15, 0.2) is 12.3 Å². The van der Waals surface area contributed by atoms with E-state index >= 15 is 0 Å². The van der Waals surface area contributed by atoms with Gasteiger partial charge in [0.15, 0.2) is 0 Å². The van der Waals surface area contributed by atoms with Crippen molar-refractivity contribution in [3.05, 3.63) is 22.8 Å². The van der Waals surface area contributed by atoms with Gasteiger partial charge < -0.3 is 14.4 Å². The number of halogens is 4. The maximum absolute atomic E-state index is 12.6. The Labute approximate surface area is 142 Å². The number of aromatic nitrogens is 1. The summed E-state index contributed by atoms with van der Waals surface area (Å²) < 4.78 is 48.5. The first kappa shape index (κ1) is 18.6. The Balaban J connectivity index is 1.97. The molecule has 1 aliphatic rings. The Bertz CT molecular complexity index is 617. The highest BCUT2D eigenvalue weighted by molar-refractivity contribution is 6.31. The van der Waals surface area contributed by atoms with Crippen LogP contribution in [0.2, 0.25) is 5.02 Å². The molecule has 0 aliphatic carbocycles. The Morgan fingerprint density at radius 2 is 2.04 bits per heavy atom. The monoisotopic (exact) mass is 366 g/mol. The van der Waals surface area contributed by atoms with Gasteiger partial charge in [0.2, 0.25) is 5.88 Å². The quantitative estimate of drug-likeness (QED) is 0.789. The van der Waals surface area contributed by atoms with E-state index in [2.05, 4.69) is 4.98 Å². The molecule has 134 valence electrons. The van der Waals surface area contributed by atoms with Crippen LogP contribution in [0.5, 0.6) is 5.88 Å². The number of carbonyl (C=O) groups excluding carboxylic acids is 1.